The number of carbonyl (C=O) groups excluding carboxylic acids is 1. The Morgan fingerprint density at radius 1 is 1.25 bits per heavy atom. The van der Waals surface area contributed by atoms with Gasteiger partial charge in [-0.25, -0.2) is 14.2 Å². The maximum Gasteiger partial charge on any atom is 0.319 e. The molecule has 5 nitrogen and oxygen atoms in total. The molecule has 2 N–H and O–H groups in total. The van der Waals surface area contributed by atoms with Crippen molar-refractivity contribution in [2.24, 2.45) is 0 Å². The van der Waals surface area contributed by atoms with E-state index in [0.717, 1.165) is 12.8 Å². The Hall–Kier alpha value is -2.41. The molecule has 0 spiro atoms. The van der Waals surface area contributed by atoms with Crippen LogP contribution in [-0.2, 0) is 0 Å². The molecule has 0 atom stereocenters. The highest BCUT2D eigenvalue weighted by atomic mass is 79.9. The van der Waals surface area contributed by atoms with Crippen molar-refractivity contribution in [2.75, 3.05) is 5.32 Å². The van der Waals surface area contributed by atoms with Crippen LogP contribution in [0.2, 0.25) is 0 Å². The summed E-state index contributed by atoms with van der Waals surface area (Å²) in [6.07, 6.45) is 2.06. The van der Waals surface area contributed by atoms with Gasteiger partial charge in [0.05, 0.1) is 5.56 Å². The zero-order valence-corrected chi connectivity index (χ0v) is 14.1. The molecule has 2 aromatic carbocycles. The van der Waals surface area contributed by atoms with Gasteiger partial charge in [-0.1, -0.05) is 0 Å². The van der Waals surface area contributed by atoms with Crippen LogP contribution in [0, 0.1) is 5.82 Å². The molecule has 122 valence electrons. The zero-order chi connectivity index (χ0) is 16.7. The summed E-state index contributed by atoms with van der Waals surface area (Å²) in [6.45, 7) is 0. The SMILES string of the molecule is O=C(Nc1ccc2oc(-c3cc(F)ccc3Br)nc2c1)NC1CC1. The highest BCUT2D eigenvalue weighted by Crippen LogP contribution is 2.31. The maximum absolute atomic E-state index is 13.5. The molecule has 0 unspecified atom stereocenters. The van der Waals surface area contributed by atoms with Crippen molar-refractivity contribution < 1.29 is 13.6 Å². The van der Waals surface area contributed by atoms with E-state index in [4.69, 9.17) is 4.42 Å². The first kappa shape index (κ1) is 15.1. The Bertz CT molecular complexity index is 937. The lowest BCUT2D eigenvalue weighted by Gasteiger charge is -2.05. The molecule has 1 aromatic heterocycles. The minimum Gasteiger partial charge on any atom is -0.436 e. The monoisotopic (exact) mass is 389 g/mol. The number of fused-ring (bicyclic) bond motifs is 1. The number of carbonyl (C=O) groups is 1. The molecular weight excluding hydrogens is 377 g/mol. The molecule has 1 saturated carbocycles. The third-order valence-electron chi connectivity index (χ3n) is 3.72. The van der Waals surface area contributed by atoms with Gasteiger partial charge in [-0.3, -0.25) is 0 Å². The van der Waals surface area contributed by atoms with Gasteiger partial charge >= 0.3 is 6.03 Å². The van der Waals surface area contributed by atoms with Crippen LogP contribution in [0.1, 0.15) is 12.8 Å². The van der Waals surface area contributed by atoms with E-state index in [-0.39, 0.29) is 17.9 Å². The third-order valence-corrected chi connectivity index (χ3v) is 4.41. The van der Waals surface area contributed by atoms with Crippen LogP contribution in [0.5, 0.6) is 0 Å². The van der Waals surface area contributed by atoms with Crippen LogP contribution >= 0.6 is 15.9 Å². The molecule has 1 aliphatic carbocycles. The van der Waals surface area contributed by atoms with E-state index >= 15 is 0 Å². The topological polar surface area (TPSA) is 67.2 Å². The van der Waals surface area contributed by atoms with E-state index < -0.39 is 0 Å². The standard InChI is InChI=1S/C17H13BrFN3O2/c18-13-5-1-9(19)7-12(13)16-22-14-8-11(4-6-15(14)24-16)21-17(23)20-10-2-3-10/h1,4-8,10H,2-3H2,(H2,20,21,23). The number of aromatic nitrogens is 1. The highest BCUT2D eigenvalue weighted by molar-refractivity contribution is 9.10. The molecule has 0 bridgehead atoms. The van der Waals surface area contributed by atoms with Crippen LogP contribution in [0.15, 0.2) is 45.3 Å². The van der Waals surface area contributed by atoms with Gasteiger partial charge in [0.25, 0.3) is 0 Å². The van der Waals surface area contributed by atoms with E-state index in [9.17, 15) is 9.18 Å². The number of hydrogen-bond donors (Lipinski definition) is 2. The van der Waals surface area contributed by atoms with Crippen LogP contribution < -0.4 is 10.6 Å². The lowest BCUT2D eigenvalue weighted by Crippen LogP contribution is -2.30. The Kier molecular flexibility index (Phi) is 3.72. The number of halogens is 2. The summed E-state index contributed by atoms with van der Waals surface area (Å²) in [4.78, 5) is 16.2. The molecular formula is C17H13BrFN3O2. The lowest BCUT2D eigenvalue weighted by molar-refractivity contribution is 0.251. The largest absolute Gasteiger partial charge is 0.436 e. The van der Waals surface area contributed by atoms with Crippen molar-refractivity contribution in [3.8, 4) is 11.5 Å². The lowest BCUT2D eigenvalue weighted by atomic mass is 10.2. The minimum absolute atomic E-state index is 0.228. The number of urea groups is 1. The Morgan fingerprint density at radius 3 is 2.88 bits per heavy atom. The second-order valence-electron chi connectivity index (χ2n) is 5.70. The number of nitrogens with one attached hydrogen (secondary N) is 2. The molecule has 24 heavy (non-hydrogen) atoms. The van der Waals surface area contributed by atoms with Crippen LogP contribution in [0.3, 0.4) is 0 Å². The number of hydrogen-bond acceptors (Lipinski definition) is 3. The average molecular weight is 390 g/mol. The fourth-order valence-electron chi connectivity index (χ4n) is 2.36. The quantitative estimate of drug-likeness (QED) is 0.683. The number of anilines is 1. The van der Waals surface area contributed by atoms with E-state index in [1.807, 2.05) is 0 Å². The van der Waals surface area contributed by atoms with Gasteiger partial charge in [-0.15, -0.1) is 0 Å². The van der Waals surface area contributed by atoms with Crippen LogP contribution in [-0.4, -0.2) is 17.1 Å². The van der Waals surface area contributed by atoms with Gasteiger partial charge in [0.15, 0.2) is 5.58 Å². The first-order valence-corrected chi connectivity index (χ1v) is 8.31. The van der Waals surface area contributed by atoms with Gasteiger partial charge in [0.2, 0.25) is 5.89 Å². The van der Waals surface area contributed by atoms with Crippen molar-refractivity contribution in [1.82, 2.24) is 10.3 Å². The Labute approximate surface area is 145 Å². The summed E-state index contributed by atoms with van der Waals surface area (Å²) in [7, 11) is 0. The average Bonchev–Trinajstić information content (AvgIpc) is 3.25. The van der Waals surface area contributed by atoms with E-state index in [2.05, 4.69) is 31.5 Å². The van der Waals surface area contributed by atoms with Gasteiger partial charge in [0.1, 0.15) is 11.3 Å². The van der Waals surface area contributed by atoms with E-state index in [0.29, 0.717) is 32.7 Å². The Balaban J connectivity index is 1.63. The fourth-order valence-corrected chi connectivity index (χ4v) is 2.78. The second-order valence-corrected chi connectivity index (χ2v) is 6.55. The predicted octanol–water partition coefficient (Wildman–Crippen LogP) is 4.68. The Morgan fingerprint density at radius 2 is 2.08 bits per heavy atom. The van der Waals surface area contributed by atoms with Crippen LogP contribution in [0.25, 0.3) is 22.6 Å². The summed E-state index contributed by atoms with van der Waals surface area (Å²) in [5.74, 6) is -0.0504. The summed E-state index contributed by atoms with van der Waals surface area (Å²) >= 11 is 3.37. The van der Waals surface area contributed by atoms with Crippen molar-refractivity contribution in [2.45, 2.75) is 18.9 Å². The van der Waals surface area contributed by atoms with Crippen molar-refractivity contribution >= 4 is 38.7 Å². The molecule has 1 heterocycles. The maximum atomic E-state index is 13.5. The molecule has 2 amide bonds. The third kappa shape index (κ3) is 3.12. The van der Waals surface area contributed by atoms with Crippen LogP contribution in [0.4, 0.5) is 14.9 Å². The summed E-state index contributed by atoms with van der Waals surface area (Å²) < 4.78 is 19.8. The molecule has 1 fully saturated rings. The van der Waals surface area contributed by atoms with Crippen molar-refractivity contribution in [1.29, 1.82) is 0 Å². The van der Waals surface area contributed by atoms with E-state index in [1.165, 1.54) is 12.1 Å². The number of nitrogens with zero attached hydrogens (tertiary/aromatic N) is 1. The molecule has 3 aromatic rings. The number of amides is 2. The number of oxazole rings is 1. The molecule has 0 radical (unpaired) electrons. The summed E-state index contributed by atoms with van der Waals surface area (Å²) in [5, 5.41) is 5.63. The van der Waals surface area contributed by atoms with E-state index in [1.54, 1.807) is 24.3 Å². The minimum atomic E-state index is -0.366. The predicted molar refractivity (Wildman–Crippen MR) is 92.3 cm³/mol. The molecule has 0 aliphatic heterocycles. The van der Waals surface area contributed by atoms with Crippen molar-refractivity contribution in [3.63, 3.8) is 0 Å². The second kappa shape index (κ2) is 5.90. The summed E-state index contributed by atoms with van der Waals surface area (Å²) in [6, 6.07) is 9.58. The number of rotatable bonds is 3. The smallest absolute Gasteiger partial charge is 0.319 e. The molecule has 4 rings (SSSR count). The van der Waals surface area contributed by atoms with Gasteiger partial charge in [-0.05, 0) is 65.2 Å². The summed E-state index contributed by atoms with van der Waals surface area (Å²) in [5.41, 5.74) is 2.31. The first-order valence-electron chi connectivity index (χ1n) is 7.52. The van der Waals surface area contributed by atoms with Gasteiger partial charge in [-0.2, -0.15) is 0 Å². The van der Waals surface area contributed by atoms with Gasteiger partial charge in [0, 0.05) is 16.2 Å². The fraction of sp³-hybridized carbons (Fsp3) is 0.176. The highest BCUT2D eigenvalue weighted by Gasteiger charge is 2.23. The molecule has 0 saturated heterocycles. The zero-order valence-electron chi connectivity index (χ0n) is 12.5. The molecule has 7 heteroatoms. The van der Waals surface area contributed by atoms with Gasteiger partial charge < -0.3 is 15.1 Å². The van der Waals surface area contributed by atoms with Crippen molar-refractivity contribution in [3.05, 3.63) is 46.7 Å². The normalized spacial score (nSPS) is 13.9. The molecule has 1 aliphatic rings. The first-order chi connectivity index (χ1) is 11.6. The number of benzene rings is 2.